The maximum atomic E-state index is 13.0. The van der Waals surface area contributed by atoms with Crippen molar-refractivity contribution in [1.82, 2.24) is 4.98 Å². The Labute approximate surface area is 300 Å². The molecule has 2 atom stereocenters. The first-order chi connectivity index (χ1) is 24.4. The van der Waals surface area contributed by atoms with Crippen molar-refractivity contribution in [3.63, 3.8) is 0 Å². The molecule has 0 radical (unpaired) electrons. The van der Waals surface area contributed by atoms with E-state index in [1.807, 2.05) is 0 Å². The van der Waals surface area contributed by atoms with Gasteiger partial charge in [0, 0.05) is 49.4 Å². The van der Waals surface area contributed by atoms with Crippen LogP contribution >= 0.6 is 0 Å². The number of esters is 3. The number of carbonyl (C=O) groups excluding carboxylic acids is 3. The van der Waals surface area contributed by atoms with Crippen LogP contribution in [0.5, 0.6) is 5.75 Å². The van der Waals surface area contributed by atoms with Gasteiger partial charge < -0.3 is 14.2 Å². The van der Waals surface area contributed by atoms with E-state index in [0.717, 1.165) is 24.7 Å². The van der Waals surface area contributed by atoms with Gasteiger partial charge in [-0.2, -0.15) is 0 Å². The first-order valence-electron chi connectivity index (χ1n) is 18.5. The van der Waals surface area contributed by atoms with Crippen LogP contribution in [-0.2, 0) is 43.5 Å². The molecule has 0 amide bonds. The van der Waals surface area contributed by atoms with Gasteiger partial charge in [-0.3, -0.25) is 19.4 Å². The Morgan fingerprint density at radius 2 is 1.50 bits per heavy atom. The van der Waals surface area contributed by atoms with E-state index in [1.54, 1.807) is 13.1 Å². The lowest BCUT2D eigenvalue weighted by Crippen LogP contribution is -2.15. The van der Waals surface area contributed by atoms with Gasteiger partial charge in [0.2, 0.25) is 0 Å². The molecule has 50 heavy (non-hydrogen) atoms. The Balaban J connectivity index is 1.46. The van der Waals surface area contributed by atoms with Gasteiger partial charge >= 0.3 is 17.9 Å². The van der Waals surface area contributed by atoms with E-state index in [-0.39, 0.29) is 38.2 Å². The molecule has 0 aliphatic heterocycles. The third kappa shape index (κ3) is 15.5. The lowest BCUT2D eigenvalue weighted by atomic mass is 9.88. The summed E-state index contributed by atoms with van der Waals surface area (Å²) in [5.41, 5.74) is 2.86. The largest absolute Gasteiger partial charge is 0.461 e. The summed E-state index contributed by atoms with van der Waals surface area (Å²) < 4.78 is 16.7. The minimum absolute atomic E-state index is 0.0996. The molecule has 0 N–H and O–H groups in total. The number of nitrogens with zero attached hydrogens (tertiary/aromatic N) is 1. The summed E-state index contributed by atoms with van der Waals surface area (Å²) in [6.45, 7) is 1.47. The SMILES string of the molecule is C#CCCCC(=O)OCc1cnc(C)c(OC(=O)CCC/C=C\C[C@H]2CCC[C@@H]2CCCCCc2ccccc2)c1COC(=O)CCCC#C. The van der Waals surface area contributed by atoms with Crippen LogP contribution in [0.1, 0.15) is 132 Å². The Morgan fingerprint density at radius 3 is 2.22 bits per heavy atom. The van der Waals surface area contributed by atoms with Crippen LogP contribution in [0.3, 0.4) is 0 Å². The number of aromatic nitrogens is 1. The molecule has 1 heterocycles. The Bertz CT molecular complexity index is 1450. The van der Waals surface area contributed by atoms with Gasteiger partial charge in [-0.1, -0.05) is 74.6 Å². The van der Waals surface area contributed by atoms with Crippen molar-refractivity contribution < 1.29 is 28.6 Å². The Kier molecular flexibility index (Phi) is 19.2. The van der Waals surface area contributed by atoms with Gasteiger partial charge in [-0.25, -0.2) is 0 Å². The quantitative estimate of drug-likeness (QED) is 0.0500. The summed E-state index contributed by atoms with van der Waals surface area (Å²) in [5.74, 6) is 5.62. The molecule has 1 aromatic carbocycles. The van der Waals surface area contributed by atoms with Crippen molar-refractivity contribution in [2.24, 2.45) is 11.8 Å². The molecule has 1 aromatic heterocycles. The lowest BCUT2D eigenvalue weighted by molar-refractivity contribution is -0.146. The molecule has 1 aliphatic rings. The summed E-state index contributed by atoms with van der Waals surface area (Å²) in [5, 5.41) is 0. The van der Waals surface area contributed by atoms with Crippen LogP contribution in [0.15, 0.2) is 48.7 Å². The van der Waals surface area contributed by atoms with E-state index in [2.05, 4.69) is 59.3 Å². The van der Waals surface area contributed by atoms with Crippen molar-refractivity contribution in [3.8, 4) is 30.4 Å². The topological polar surface area (TPSA) is 91.8 Å². The second-order valence-electron chi connectivity index (χ2n) is 13.2. The van der Waals surface area contributed by atoms with E-state index < -0.39 is 17.9 Å². The predicted octanol–water partition coefficient (Wildman–Crippen LogP) is 9.32. The van der Waals surface area contributed by atoms with E-state index in [4.69, 9.17) is 27.1 Å². The fraction of sp³-hybridized carbons (Fsp3) is 0.535. The molecule has 3 rings (SSSR count). The number of pyridine rings is 1. The van der Waals surface area contributed by atoms with Crippen LogP contribution < -0.4 is 4.74 Å². The van der Waals surface area contributed by atoms with Crippen molar-refractivity contribution in [2.45, 2.75) is 136 Å². The number of rotatable bonds is 23. The fourth-order valence-corrected chi connectivity index (χ4v) is 6.50. The molecule has 1 fully saturated rings. The molecular formula is C43H55NO6. The second kappa shape index (κ2) is 23.9. The lowest BCUT2D eigenvalue weighted by Gasteiger charge is -2.18. The van der Waals surface area contributed by atoms with E-state index in [0.29, 0.717) is 48.9 Å². The molecule has 0 saturated heterocycles. The van der Waals surface area contributed by atoms with E-state index in [1.165, 1.54) is 56.9 Å². The van der Waals surface area contributed by atoms with Gasteiger partial charge in [-0.05, 0) is 75.7 Å². The van der Waals surface area contributed by atoms with Gasteiger partial charge in [0.05, 0.1) is 5.69 Å². The molecule has 1 aliphatic carbocycles. The maximum Gasteiger partial charge on any atom is 0.311 e. The number of terminal acetylenes is 2. The molecule has 7 nitrogen and oxygen atoms in total. The van der Waals surface area contributed by atoms with Crippen molar-refractivity contribution in [2.75, 3.05) is 0 Å². The summed E-state index contributed by atoms with van der Waals surface area (Å²) in [4.78, 5) is 41.9. The van der Waals surface area contributed by atoms with Crippen LogP contribution in [-0.4, -0.2) is 22.9 Å². The zero-order chi connectivity index (χ0) is 35.8. The summed E-state index contributed by atoms with van der Waals surface area (Å²) in [6, 6.07) is 10.8. The molecule has 1 saturated carbocycles. The smallest absolute Gasteiger partial charge is 0.311 e. The monoisotopic (exact) mass is 681 g/mol. The van der Waals surface area contributed by atoms with Crippen molar-refractivity contribution >= 4 is 17.9 Å². The van der Waals surface area contributed by atoms with Crippen LogP contribution in [0.25, 0.3) is 0 Å². The minimum atomic E-state index is -0.418. The number of ether oxygens (including phenoxy) is 3. The minimum Gasteiger partial charge on any atom is -0.461 e. The first kappa shape index (κ1) is 40.1. The molecule has 2 aromatic rings. The number of carbonyl (C=O) groups is 3. The molecule has 0 unspecified atom stereocenters. The zero-order valence-corrected chi connectivity index (χ0v) is 30.0. The highest BCUT2D eigenvalue weighted by Crippen LogP contribution is 2.38. The molecule has 7 heteroatoms. The fourth-order valence-electron chi connectivity index (χ4n) is 6.50. The highest BCUT2D eigenvalue weighted by molar-refractivity contribution is 5.74. The Morgan fingerprint density at radius 1 is 0.820 bits per heavy atom. The predicted molar refractivity (Wildman–Crippen MR) is 197 cm³/mol. The van der Waals surface area contributed by atoms with Gasteiger partial charge in [0.25, 0.3) is 0 Å². The van der Waals surface area contributed by atoms with Crippen LogP contribution in [0.4, 0.5) is 0 Å². The third-order valence-electron chi connectivity index (χ3n) is 9.35. The number of benzene rings is 1. The van der Waals surface area contributed by atoms with Crippen LogP contribution in [0.2, 0.25) is 0 Å². The number of unbranched alkanes of at least 4 members (excludes halogenated alkanes) is 5. The number of hydrogen-bond donors (Lipinski definition) is 0. The third-order valence-corrected chi connectivity index (χ3v) is 9.35. The summed E-state index contributed by atoms with van der Waals surface area (Å²) in [6.07, 6.45) is 32.1. The first-order valence-corrected chi connectivity index (χ1v) is 18.5. The summed E-state index contributed by atoms with van der Waals surface area (Å²) in [7, 11) is 0. The Hall–Kier alpha value is -4.36. The van der Waals surface area contributed by atoms with Crippen molar-refractivity contribution in [3.05, 3.63) is 71.1 Å². The zero-order valence-electron chi connectivity index (χ0n) is 30.0. The number of allylic oxidation sites excluding steroid dienone is 2. The number of aryl methyl sites for hydroxylation is 2. The number of hydrogen-bond acceptors (Lipinski definition) is 7. The normalized spacial score (nSPS) is 15.3. The molecule has 0 bridgehead atoms. The highest BCUT2D eigenvalue weighted by Gasteiger charge is 2.25. The molecule has 268 valence electrons. The van der Waals surface area contributed by atoms with Crippen molar-refractivity contribution in [1.29, 1.82) is 0 Å². The molecule has 0 spiro atoms. The van der Waals surface area contributed by atoms with Crippen LogP contribution in [0, 0.1) is 43.4 Å². The van der Waals surface area contributed by atoms with Gasteiger partial charge in [0.1, 0.15) is 13.2 Å². The van der Waals surface area contributed by atoms with E-state index in [9.17, 15) is 14.4 Å². The van der Waals surface area contributed by atoms with Gasteiger partial charge in [0.15, 0.2) is 5.75 Å². The average Bonchev–Trinajstić information content (AvgIpc) is 3.57. The summed E-state index contributed by atoms with van der Waals surface area (Å²) >= 11 is 0. The average molecular weight is 682 g/mol. The molecular weight excluding hydrogens is 626 g/mol. The van der Waals surface area contributed by atoms with E-state index >= 15 is 0 Å². The maximum absolute atomic E-state index is 13.0. The standard InChI is InChI=1S/C43H55NO6/c1-4-6-12-28-40(45)48-32-38-31-44-34(3)43(39(38)33-49-41(46)29-13-7-5-2)50-42(47)30-19-9-8-17-24-36-26-20-27-37(36)25-18-11-16-23-35-21-14-10-15-22-35/h1-2,8,10,14-15,17,21-22,31,36-37H,6-7,9,11-13,16,18-20,23-30,32-33H2,3H3/b17-8-/t36-,37-/m0/s1. The van der Waals surface area contributed by atoms with Gasteiger partial charge in [-0.15, -0.1) is 24.7 Å². The second-order valence-corrected chi connectivity index (χ2v) is 13.2. The highest BCUT2D eigenvalue weighted by atomic mass is 16.5.